The van der Waals surface area contributed by atoms with Gasteiger partial charge in [-0.05, 0) is 54.6 Å². The smallest absolute Gasteiger partial charge is 0.173 e. The van der Waals surface area contributed by atoms with E-state index in [-0.39, 0.29) is 8.80 Å². The molecular formula is C28H44F2Si. The molecule has 0 amide bonds. The molecule has 0 aromatic heterocycles. The standard InChI is InChI=1S/C28H44F2Si/c1-2-3-6-19-31-20-17-24(18-21-31)8-5-4-7-23-9-13-26(14-10-23)27-15-11-25(12-16-27)22-28(29)30/h11-12,15-16,22-24,26,31H,2-10,13-14,17-21H2,1H3. The summed E-state index contributed by atoms with van der Waals surface area (Å²) < 4.78 is 24.8. The molecule has 2 fully saturated rings. The van der Waals surface area contributed by atoms with Crippen molar-refractivity contribution in [1.29, 1.82) is 0 Å². The quantitative estimate of drug-likeness (QED) is 0.234. The largest absolute Gasteiger partial charge is 0.270 e. The van der Waals surface area contributed by atoms with E-state index in [9.17, 15) is 8.78 Å². The number of hydrogen-bond donors (Lipinski definition) is 0. The molecule has 1 aliphatic heterocycles. The maximum absolute atomic E-state index is 12.4. The Bertz CT molecular complexity index is 633. The Labute approximate surface area is 191 Å². The van der Waals surface area contributed by atoms with Crippen LogP contribution >= 0.6 is 0 Å². The molecule has 3 rings (SSSR count). The lowest BCUT2D eigenvalue weighted by Gasteiger charge is -2.30. The SMILES string of the molecule is CCCCC[SiH]1CCC(CCCCC2CCC(c3ccc(C=C(F)F)cc3)CC2)CC1. The second-order valence-electron chi connectivity index (χ2n) is 10.5. The number of rotatable bonds is 11. The molecule has 174 valence electrons. The van der Waals surface area contributed by atoms with E-state index in [1.54, 1.807) is 31.0 Å². The third-order valence-corrected chi connectivity index (χ3v) is 11.7. The second-order valence-corrected chi connectivity index (χ2v) is 13.9. The molecule has 0 radical (unpaired) electrons. The van der Waals surface area contributed by atoms with Crippen LogP contribution in [-0.2, 0) is 0 Å². The Morgan fingerprint density at radius 3 is 2.03 bits per heavy atom. The van der Waals surface area contributed by atoms with Crippen LogP contribution < -0.4 is 0 Å². The van der Waals surface area contributed by atoms with Gasteiger partial charge in [0.25, 0.3) is 6.08 Å². The highest BCUT2D eigenvalue weighted by Gasteiger charge is 2.23. The summed E-state index contributed by atoms with van der Waals surface area (Å²) >= 11 is 0. The van der Waals surface area contributed by atoms with Crippen LogP contribution in [0.5, 0.6) is 0 Å². The summed E-state index contributed by atoms with van der Waals surface area (Å²) in [6, 6.07) is 12.7. The van der Waals surface area contributed by atoms with E-state index in [2.05, 4.69) is 19.1 Å². The molecule has 31 heavy (non-hydrogen) atoms. The van der Waals surface area contributed by atoms with Crippen LogP contribution in [0.1, 0.15) is 107 Å². The topological polar surface area (TPSA) is 0 Å². The van der Waals surface area contributed by atoms with Crippen molar-refractivity contribution in [3.63, 3.8) is 0 Å². The van der Waals surface area contributed by atoms with Gasteiger partial charge in [0, 0.05) is 14.9 Å². The highest BCUT2D eigenvalue weighted by molar-refractivity contribution is 6.58. The summed E-state index contributed by atoms with van der Waals surface area (Å²) in [7, 11) is -0.338. The highest BCUT2D eigenvalue weighted by atomic mass is 28.3. The van der Waals surface area contributed by atoms with Gasteiger partial charge < -0.3 is 0 Å². The summed E-state index contributed by atoms with van der Waals surface area (Å²) in [5, 5.41) is 0. The summed E-state index contributed by atoms with van der Waals surface area (Å²) in [4.78, 5) is 0. The van der Waals surface area contributed by atoms with E-state index in [0.717, 1.165) is 17.9 Å². The van der Waals surface area contributed by atoms with Gasteiger partial charge in [-0.15, -0.1) is 0 Å². The monoisotopic (exact) mass is 446 g/mol. The Morgan fingerprint density at radius 1 is 0.839 bits per heavy atom. The van der Waals surface area contributed by atoms with E-state index in [4.69, 9.17) is 0 Å². The lowest BCUT2D eigenvalue weighted by atomic mass is 9.77. The number of unbranched alkanes of at least 4 members (excludes halogenated alkanes) is 3. The molecule has 0 spiro atoms. The maximum Gasteiger partial charge on any atom is 0.270 e. The second kappa shape index (κ2) is 13.6. The number of halogens is 2. The van der Waals surface area contributed by atoms with Crippen molar-refractivity contribution in [2.75, 3.05) is 0 Å². The first-order valence-electron chi connectivity index (χ1n) is 13.3. The molecule has 1 aliphatic carbocycles. The number of hydrogen-bond acceptors (Lipinski definition) is 0. The fourth-order valence-corrected chi connectivity index (χ4v) is 9.75. The predicted molar refractivity (Wildman–Crippen MR) is 134 cm³/mol. The Balaban J connectivity index is 1.25. The minimum absolute atomic E-state index is 0.338. The van der Waals surface area contributed by atoms with Gasteiger partial charge in [0.2, 0.25) is 0 Å². The molecule has 3 heteroatoms. The van der Waals surface area contributed by atoms with Crippen molar-refractivity contribution in [1.82, 2.24) is 0 Å². The fourth-order valence-electron chi connectivity index (χ4n) is 6.13. The summed E-state index contributed by atoms with van der Waals surface area (Å²) in [5.41, 5.74) is 1.94. The van der Waals surface area contributed by atoms with E-state index < -0.39 is 6.08 Å². The summed E-state index contributed by atoms with van der Waals surface area (Å²) in [6.07, 6.45) is 17.8. The zero-order chi connectivity index (χ0) is 21.9. The normalized spacial score (nSPS) is 26.5. The lowest BCUT2D eigenvalue weighted by molar-refractivity contribution is 0.297. The molecule has 1 aromatic rings. The minimum atomic E-state index is -1.62. The van der Waals surface area contributed by atoms with Crippen molar-refractivity contribution in [2.24, 2.45) is 11.8 Å². The van der Waals surface area contributed by atoms with E-state index in [1.807, 2.05) is 12.1 Å². The zero-order valence-electron chi connectivity index (χ0n) is 19.8. The first kappa shape index (κ1) is 24.7. The van der Waals surface area contributed by atoms with Crippen LogP contribution in [0.25, 0.3) is 6.08 Å². The maximum atomic E-state index is 12.4. The van der Waals surface area contributed by atoms with Gasteiger partial charge in [-0.3, -0.25) is 0 Å². The molecule has 0 nitrogen and oxygen atoms in total. The van der Waals surface area contributed by atoms with Gasteiger partial charge in [-0.1, -0.05) is 107 Å². The summed E-state index contributed by atoms with van der Waals surface area (Å²) in [6.45, 7) is 2.32. The molecule has 2 aliphatic rings. The lowest BCUT2D eigenvalue weighted by Crippen LogP contribution is -2.21. The zero-order valence-corrected chi connectivity index (χ0v) is 20.9. The fraction of sp³-hybridized carbons (Fsp3) is 0.714. The average molecular weight is 447 g/mol. The first-order valence-corrected chi connectivity index (χ1v) is 15.7. The Hall–Kier alpha value is -0.963. The first-order chi connectivity index (χ1) is 15.1. The molecule has 0 atom stereocenters. The van der Waals surface area contributed by atoms with Crippen molar-refractivity contribution in [2.45, 2.75) is 114 Å². The van der Waals surface area contributed by atoms with E-state index in [0.29, 0.717) is 11.5 Å². The van der Waals surface area contributed by atoms with Crippen LogP contribution in [0.2, 0.25) is 18.1 Å². The molecule has 1 heterocycles. The van der Waals surface area contributed by atoms with Crippen LogP contribution in [-0.4, -0.2) is 8.80 Å². The van der Waals surface area contributed by atoms with Gasteiger partial charge in [0.15, 0.2) is 0 Å². The molecule has 0 bridgehead atoms. The Kier molecular flexibility index (Phi) is 10.8. The van der Waals surface area contributed by atoms with Crippen LogP contribution in [0.3, 0.4) is 0 Å². The van der Waals surface area contributed by atoms with Crippen molar-refractivity contribution in [3.8, 4) is 0 Å². The minimum Gasteiger partial charge on any atom is -0.173 e. The Morgan fingerprint density at radius 2 is 1.45 bits per heavy atom. The van der Waals surface area contributed by atoms with Gasteiger partial charge in [-0.25, -0.2) is 0 Å². The van der Waals surface area contributed by atoms with Gasteiger partial charge in [0.1, 0.15) is 0 Å². The molecule has 1 aromatic carbocycles. The van der Waals surface area contributed by atoms with Crippen LogP contribution in [0.15, 0.2) is 30.3 Å². The number of benzene rings is 1. The third kappa shape index (κ3) is 8.83. The molecule has 0 N–H and O–H groups in total. The van der Waals surface area contributed by atoms with Gasteiger partial charge in [-0.2, -0.15) is 8.78 Å². The van der Waals surface area contributed by atoms with Gasteiger partial charge in [0.05, 0.1) is 0 Å². The summed E-state index contributed by atoms with van der Waals surface area (Å²) in [5.74, 6) is 2.59. The third-order valence-electron chi connectivity index (χ3n) is 8.19. The predicted octanol–water partition coefficient (Wildman–Crippen LogP) is 9.59. The molecule has 1 saturated carbocycles. The molecule has 1 saturated heterocycles. The molecule has 0 unspecified atom stereocenters. The van der Waals surface area contributed by atoms with Crippen molar-refractivity contribution in [3.05, 3.63) is 41.5 Å². The van der Waals surface area contributed by atoms with E-state index in [1.165, 1.54) is 76.2 Å². The van der Waals surface area contributed by atoms with Gasteiger partial charge >= 0.3 is 0 Å². The average Bonchev–Trinajstić information content (AvgIpc) is 2.78. The van der Waals surface area contributed by atoms with Crippen LogP contribution in [0, 0.1) is 11.8 Å². The van der Waals surface area contributed by atoms with E-state index >= 15 is 0 Å². The highest BCUT2D eigenvalue weighted by Crippen LogP contribution is 2.38. The van der Waals surface area contributed by atoms with Crippen LogP contribution in [0.4, 0.5) is 8.78 Å². The molecular weight excluding hydrogens is 402 g/mol. The van der Waals surface area contributed by atoms with Crippen molar-refractivity contribution >= 4 is 14.9 Å². The van der Waals surface area contributed by atoms with Crippen molar-refractivity contribution < 1.29 is 8.78 Å².